The number of hydrogen-bond acceptors (Lipinski definition) is 4. The van der Waals surface area contributed by atoms with Gasteiger partial charge >= 0.3 is 0 Å². The molecule has 6 nitrogen and oxygen atoms in total. The van der Waals surface area contributed by atoms with Crippen LogP contribution < -0.4 is 0 Å². The van der Waals surface area contributed by atoms with Crippen molar-refractivity contribution in [2.45, 2.75) is 25.3 Å². The highest BCUT2D eigenvalue weighted by molar-refractivity contribution is 5.93. The molecule has 0 radical (unpaired) electrons. The van der Waals surface area contributed by atoms with Gasteiger partial charge in [-0.05, 0) is 51.6 Å². The third-order valence-corrected chi connectivity index (χ3v) is 4.50. The Bertz CT molecular complexity index is 652. The van der Waals surface area contributed by atoms with Gasteiger partial charge < -0.3 is 9.80 Å². The molecule has 2 aromatic rings. The van der Waals surface area contributed by atoms with Crippen molar-refractivity contribution in [2.24, 2.45) is 0 Å². The molecule has 1 amide bonds. The van der Waals surface area contributed by atoms with Gasteiger partial charge in [0.1, 0.15) is 5.69 Å². The fraction of sp³-hybridized carbons (Fsp3) is 0.471. The Morgan fingerprint density at radius 3 is 2.78 bits per heavy atom. The smallest absolute Gasteiger partial charge is 0.271 e. The van der Waals surface area contributed by atoms with E-state index in [0.29, 0.717) is 11.7 Å². The Balaban J connectivity index is 1.70. The minimum Gasteiger partial charge on any atom is -0.337 e. The van der Waals surface area contributed by atoms with Crippen LogP contribution >= 0.6 is 0 Å². The van der Waals surface area contributed by atoms with E-state index < -0.39 is 0 Å². The Kier molecular flexibility index (Phi) is 4.71. The van der Waals surface area contributed by atoms with Crippen LogP contribution in [0.3, 0.4) is 0 Å². The average molecular weight is 313 g/mol. The van der Waals surface area contributed by atoms with Crippen molar-refractivity contribution >= 4 is 5.91 Å². The summed E-state index contributed by atoms with van der Waals surface area (Å²) in [6.45, 7) is 1.61. The minimum atomic E-state index is 0.0391. The van der Waals surface area contributed by atoms with Gasteiger partial charge in [0.2, 0.25) is 0 Å². The van der Waals surface area contributed by atoms with Crippen LogP contribution in [0.15, 0.2) is 30.6 Å². The number of pyridine rings is 1. The highest BCUT2D eigenvalue weighted by Gasteiger charge is 2.23. The summed E-state index contributed by atoms with van der Waals surface area (Å²) in [6.07, 6.45) is 6.65. The maximum atomic E-state index is 12.7. The molecule has 1 N–H and O–H groups in total. The highest BCUT2D eigenvalue weighted by Crippen LogP contribution is 2.19. The number of amides is 1. The quantitative estimate of drug-likeness (QED) is 0.941. The zero-order valence-electron chi connectivity index (χ0n) is 13.7. The number of aromatic amines is 1. The normalized spacial score (nSPS) is 18.9. The first-order chi connectivity index (χ1) is 11.1. The summed E-state index contributed by atoms with van der Waals surface area (Å²) in [5.74, 6) is 0.0391. The molecule has 1 atom stereocenters. The van der Waals surface area contributed by atoms with Crippen molar-refractivity contribution in [3.8, 4) is 11.3 Å². The van der Waals surface area contributed by atoms with Crippen molar-refractivity contribution in [3.63, 3.8) is 0 Å². The Labute approximate surface area is 136 Å². The molecule has 1 aliphatic rings. The Morgan fingerprint density at radius 2 is 2.04 bits per heavy atom. The topological polar surface area (TPSA) is 65.1 Å². The second-order valence-corrected chi connectivity index (χ2v) is 6.24. The number of carbonyl (C=O) groups is 1. The zero-order valence-corrected chi connectivity index (χ0v) is 13.7. The molecule has 0 aliphatic carbocycles. The fourth-order valence-corrected chi connectivity index (χ4v) is 3.07. The predicted molar refractivity (Wildman–Crippen MR) is 89.0 cm³/mol. The van der Waals surface area contributed by atoms with Crippen LogP contribution in [0.5, 0.6) is 0 Å². The first kappa shape index (κ1) is 15.7. The molecule has 0 aromatic carbocycles. The van der Waals surface area contributed by atoms with Gasteiger partial charge in [0.05, 0.1) is 5.69 Å². The molecule has 0 spiro atoms. The van der Waals surface area contributed by atoms with Gasteiger partial charge in [-0.1, -0.05) is 0 Å². The van der Waals surface area contributed by atoms with E-state index in [4.69, 9.17) is 0 Å². The summed E-state index contributed by atoms with van der Waals surface area (Å²) in [6, 6.07) is 6.16. The Morgan fingerprint density at radius 1 is 1.26 bits per heavy atom. The van der Waals surface area contributed by atoms with Gasteiger partial charge in [-0.15, -0.1) is 0 Å². The van der Waals surface area contributed by atoms with Crippen LogP contribution in [0.1, 0.15) is 29.8 Å². The van der Waals surface area contributed by atoms with E-state index in [1.807, 2.05) is 23.1 Å². The van der Waals surface area contributed by atoms with Gasteiger partial charge in [0.15, 0.2) is 0 Å². The van der Waals surface area contributed by atoms with Crippen LogP contribution in [0, 0.1) is 0 Å². The van der Waals surface area contributed by atoms with Crippen LogP contribution in [0.2, 0.25) is 0 Å². The monoisotopic (exact) mass is 313 g/mol. The zero-order chi connectivity index (χ0) is 16.2. The van der Waals surface area contributed by atoms with Crippen LogP contribution in [0.4, 0.5) is 0 Å². The number of nitrogens with zero attached hydrogens (tertiary/aromatic N) is 4. The first-order valence-corrected chi connectivity index (χ1v) is 8.06. The molecule has 3 heterocycles. The number of hydrogen-bond donors (Lipinski definition) is 1. The van der Waals surface area contributed by atoms with E-state index in [-0.39, 0.29) is 5.91 Å². The molecule has 23 heavy (non-hydrogen) atoms. The number of H-pyrrole nitrogens is 1. The van der Waals surface area contributed by atoms with Gasteiger partial charge in [0.25, 0.3) is 5.91 Å². The molecule has 1 aliphatic heterocycles. The molecule has 2 aromatic heterocycles. The SMILES string of the molecule is CN(C)C1CCCN(C(=O)c2cc(-c3ccncc3)n[nH]2)CC1. The second kappa shape index (κ2) is 6.91. The molecule has 3 rings (SSSR count). The fourth-order valence-electron chi connectivity index (χ4n) is 3.07. The molecule has 0 bridgehead atoms. The van der Waals surface area contributed by atoms with E-state index in [1.165, 1.54) is 0 Å². The summed E-state index contributed by atoms with van der Waals surface area (Å²) in [7, 11) is 4.22. The van der Waals surface area contributed by atoms with Crippen molar-refractivity contribution in [3.05, 3.63) is 36.3 Å². The average Bonchev–Trinajstić information content (AvgIpc) is 2.92. The van der Waals surface area contributed by atoms with E-state index in [1.54, 1.807) is 12.4 Å². The predicted octanol–water partition coefficient (Wildman–Crippen LogP) is 2.03. The van der Waals surface area contributed by atoms with Crippen LogP contribution in [0.25, 0.3) is 11.3 Å². The number of rotatable bonds is 3. The first-order valence-electron chi connectivity index (χ1n) is 8.06. The lowest BCUT2D eigenvalue weighted by molar-refractivity contribution is 0.0752. The van der Waals surface area contributed by atoms with Crippen molar-refractivity contribution in [2.75, 3.05) is 27.2 Å². The molecular weight excluding hydrogens is 290 g/mol. The van der Waals surface area contributed by atoms with Crippen molar-refractivity contribution in [1.82, 2.24) is 25.0 Å². The number of carbonyl (C=O) groups excluding carboxylic acids is 1. The van der Waals surface area contributed by atoms with Crippen LogP contribution in [-0.4, -0.2) is 64.1 Å². The van der Waals surface area contributed by atoms with E-state index in [2.05, 4.69) is 34.2 Å². The lowest BCUT2D eigenvalue weighted by atomic mass is 10.1. The highest BCUT2D eigenvalue weighted by atomic mass is 16.2. The second-order valence-electron chi connectivity index (χ2n) is 6.24. The van der Waals surface area contributed by atoms with E-state index in [0.717, 1.165) is 43.6 Å². The van der Waals surface area contributed by atoms with Crippen molar-refractivity contribution < 1.29 is 4.79 Å². The van der Waals surface area contributed by atoms with Gasteiger partial charge in [-0.25, -0.2) is 0 Å². The summed E-state index contributed by atoms with van der Waals surface area (Å²) < 4.78 is 0. The lowest BCUT2D eigenvalue weighted by Crippen LogP contribution is -2.34. The van der Waals surface area contributed by atoms with Gasteiger partial charge in [0, 0.05) is 37.1 Å². The summed E-state index contributed by atoms with van der Waals surface area (Å²) in [4.78, 5) is 20.9. The lowest BCUT2D eigenvalue weighted by Gasteiger charge is -2.23. The van der Waals surface area contributed by atoms with Gasteiger partial charge in [-0.3, -0.25) is 14.9 Å². The standard InChI is InChI=1S/C17H23N5O/c1-21(2)14-4-3-10-22(11-7-14)17(23)16-12-15(19-20-16)13-5-8-18-9-6-13/h5-6,8-9,12,14H,3-4,7,10-11H2,1-2H3,(H,19,20). The minimum absolute atomic E-state index is 0.0391. The third-order valence-electron chi connectivity index (χ3n) is 4.50. The summed E-state index contributed by atoms with van der Waals surface area (Å²) >= 11 is 0. The molecular formula is C17H23N5O. The Hall–Kier alpha value is -2.21. The molecule has 1 saturated heterocycles. The van der Waals surface area contributed by atoms with Crippen molar-refractivity contribution in [1.29, 1.82) is 0 Å². The number of aromatic nitrogens is 3. The largest absolute Gasteiger partial charge is 0.337 e. The number of likely N-dealkylation sites (tertiary alicyclic amines) is 1. The molecule has 0 saturated carbocycles. The van der Waals surface area contributed by atoms with E-state index in [9.17, 15) is 4.79 Å². The maximum absolute atomic E-state index is 12.7. The third kappa shape index (κ3) is 3.59. The molecule has 6 heteroatoms. The summed E-state index contributed by atoms with van der Waals surface area (Å²) in [5, 5.41) is 7.14. The van der Waals surface area contributed by atoms with E-state index >= 15 is 0 Å². The van der Waals surface area contributed by atoms with Crippen LogP contribution in [-0.2, 0) is 0 Å². The van der Waals surface area contributed by atoms with Gasteiger partial charge in [-0.2, -0.15) is 5.10 Å². The molecule has 122 valence electrons. The number of nitrogens with one attached hydrogen (secondary N) is 1. The maximum Gasteiger partial charge on any atom is 0.271 e. The molecule has 1 unspecified atom stereocenters. The summed E-state index contributed by atoms with van der Waals surface area (Å²) in [5.41, 5.74) is 2.29. The molecule has 1 fully saturated rings.